The molecule has 1 aliphatic heterocycles. The van der Waals surface area contributed by atoms with Gasteiger partial charge in [-0.2, -0.15) is 0 Å². The second-order valence-corrected chi connectivity index (χ2v) is 6.97. The molecule has 2 N–H and O–H groups in total. The molecule has 0 aromatic heterocycles. The Bertz CT molecular complexity index is 827. The van der Waals surface area contributed by atoms with Gasteiger partial charge < -0.3 is 9.84 Å². The number of phenolic OH excluding ortho intramolecular Hbond substituents is 1. The molecule has 1 saturated heterocycles. The van der Waals surface area contributed by atoms with Crippen molar-refractivity contribution in [3.63, 3.8) is 0 Å². The van der Waals surface area contributed by atoms with E-state index in [1.165, 1.54) is 13.2 Å². The lowest BCUT2D eigenvalue weighted by Gasteiger charge is -2.19. The van der Waals surface area contributed by atoms with Gasteiger partial charge in [0.1, 0.15) is 17.8 Å². The van der Waals surface area contributed by atoms with Crippen LogP contribution in [0.4, 0.5) is 0 Å². The van der Waals surface area contributed by atoms with E-state index in [2.05, 4.69) is 21.2 Å². The Kier molecular flexibility index (Phi) is 5.24. The van der Waals surface area contributed by atoms with Gasteiger partial charge in [-0.05, 0) is 23.8 Å². The number of halogens is 1. The number of nitrogens with zero attached hydrogens (tertiary/aromatic N) is 1. The third kappa shape index (κ3) is 3.30. The van der Waals surface area contributed by atoms with Gasteiger partial charge in [0.05, 0.1) is 13.0 Å². The Morgan fingerprint density at radius 2 is 1.88 bits per heavy atom. The smallest absolute Gasteiger partial charge is 0.323 e. The number of phenols is 1. The molecule has 4 atom stereocenters. The fourth-order valence-electron chi connectivity index (χ4n) is 3.49. The number of ether oxygens (including phenoxy) is 1. The number of nitro groups is 1. The Balaban J connectivity index is 2.11. The normalized spacial score (nSPS) is 25.0. The van der Waals surface area contributed by atoms with Crippen molar-refractivity contribution in [1.29, 1.82) is 0 Å². The second-order valence-electron chi connectivity index (χ2n) is 6.06. The van der Waals surface area contributed by atoms with Crippen molar-refractivity contribution in [3.05, 3.63) is 74.2 Å². The lowest BCUT2D eigenvalue weighted by molar-refractivity contribution is -0.527. The van der Waals surface area contributed by atoms with Crippen molar-refractivity contribution in [3.8, 4) is 5.75 Å². The van der Waals surface area contributed by atoms with Crippen LogP contribution in [-0.2, 0) is 9.53 Å². The maximum absolute atomic E-state index is 12.3. The summed E-state index contributed by atoms with van der Waals surface area (Å²) < 4.78 is 5.69. The predicted molar refractivity (Wildman–Crippen MR) is 97.5 cm³/mol. The van der Waals surface area contributed by atoms with E-state index in [1.807, 2.05) is 0 Å². The third-order valence-electron chi connectivity index (χ3n) is 4.65. The van der Waals surface area contributed by atoms with Gasteiger partial charge in [-0.15, -0.1) is 0 Å². The maximum Gasteiger partial charge on any atom is 0.323 e. The van der Waals surface area contributed by atoms with E-state index < -0.39 is 34.9 Å². The molecule has 2 aromatic carbocycles. The molecule has 2 aromatic rings. The van der Waals surface area contributed by atoms with E-state index in [9.17, 15) is 20.0 Å². The van der Waals surface area contributed by atoms with Gasteiger partial charge in [0.25, 0.3) is 0 Å². The van der Waals surface area contributed by atoms with Crippen molar-refractivity contribution < 1.29 is 19.6 Å². The predicted octanol–water partition coefficient (Wildman–Crippen LogP) is 2.77. The Hall–Kier alpha value is -2.45. The van der Waals surface area contributed by atoms with Crippen molar-refractivity contribution in [2.45, 2.75) is 24.0 Å². The van der Waals surface area contributed by atoms with Gasteiger partial charge in [0.2, 0.25) is 6.04 Å². The topological polar surface area (TPSA) is 102 Å². The van der Waals surface area contributed by atoms with Gasteiger partial charge >= 0.3 is 5.97 Å². The average molecular weight is 421 g/mol. The van der Waals surface area contributed by atoms with Gasteiger partial charge in [-0.1, -0.05) is 46.3 Å². The molecule has 1 heterocycles. The van der Waals surface area contributed by atoms with Crippen LogP contribution in [0.15, 0.2) is 53.0 Å². The highest BCUT2D eigenvalue weighted by Crippen LogP contribution is 2.42. The van der Waals surface area contributed by atoms with Gasteiger partial charge in [-0.25, -0.2) is 0 Å². The number of para-hydroxylation sites is 1. The number of aromatic hydroxyl groups is 1. The molecule has 26 heavy (non-hydrogen) atoms. The minimum Gasteiger partial charge on any atom is -0.508 e. The summed E-state index contributed by atoms with van der Waals surface area (Å²) in [6.07, 6.45) is 0. The Labute approximate surface area is 158 Å². The molecular formula is C18H17BrN2O5. The number of nitrogens with one attached hydrogen (secondary N) is 1. The zero-order chi connectivity index (χ0) is 18.8. The zero-order valence-electron chi connectivity index (χ0n) is 13.8. The van der Waals surface area contributed by atoms with Crippen molar-refractivity contribution >= 4 is 21.9 Å². The molecule has 0 bridgehead atoms. The van der Waals surface area contributed by atoms with E-state index in [4.69, 9.17) is 4.74 Å². The first-order valence-electron chi connectivity index (χ1n) is 7.94. The summed E-state index contributed by atoms with van der Waals surface area (Å²) in [5, 5.41) is 25.1. The fraction of sp³-hybridized carbons (Fsp3) is 0.278. The molecule has 8 heteroatoms. The first-order chi connectivity index (χ1) is 12.4. The highest BCUT2D eigenvalue weighted by molar-refractivity contribution is 9.10. The summed E-state index contributed by atoms with van der Waals surface area (Å²) in [5.74, 6) is -1.38. The average Bonchev–Trinajstić information content (AvgIpc) is 3.02. The van der Waals surface area contributed by atoms with Crippen molar-refractivity contribution in [1.82, 2.24) is 5.32 Å². The number of carbonyl (C=O) groups excluding carboxylic acids is 1. The molecule has 0 amide bonds. The molecule has 136 valence electrons. The third-order valence-corrected chi connectivity index (χ3v) is 5.18. The molecule has 0 radical (unpaired) electrons. The van der Waals surface area contributed by atoms with E-state index in [1.54, 1.807) is 42.5 Å². The lowest BCUT2D eigenvalue weighted by Crippen LogP contribution is -2.37. The summed E-state index contributed by atoms with van der Waals surface area (Å²) in [6.45, 7) is 0. The van der Waals surface area contributed by atoms with Crippen LogP contribution in [-0.4, -0.2) is 35.2 Å². The largest absolute Gasteiger partial charge is 0.508 e. The van der Waals surface area contributed by atoms with Crippen LogP contribution in [0.5, 0.6) is 5.75 Å². The van der Waals surface area contributed by atoms with E-state index in [0.717, 1.165) is 4.47 Å². The standard InChI is InChI=1S/C18H17BrN2O5/c1-26-18(23)16-14(10-6-8-11(19)9-7-10)17(21(24)25)15(20-16)12-4-2-3-5-13(12)22/h2-9,14-17,20,22H,1H3/t14-,15+,16+,17+/m1/s1. The highest BCUT2D eigenvalue weighted by atomic mass is 79.9. The van der Waals surface area contributed by atoms with Crippen LogP contribution in [0.25, 0.3) is 0 Å². The highest BCUT2D eigenvalue weighted by Gasteiger charge is 2.55. The first kappa shape index (κ1) is 18.3. The number of carbonyl (C=O) groups is 1. The van der Waals surface area contributed by atoms with Crippen LogP contribution < -0.4 is 5.32 Å². The van der Waals surface area contributed by atoms with E-state index in [0.29, 0.717) is 11.1 Å². The van der Waals surface area contributed by atoms with Crippen LogP contribution in [0.1, 0.15) is 23.1 Å². The molecule has 1 aliphatic rings. The quantitative estimate of drug-likeness (QED) is 0.447. The number of esters is 1. The molecule has 0 spiro atoms. The monoisotopic (exact) mass is 420 g/mol. The van der Waals surface area contributed by atoms with Gasteiger partial charge in [-0.3, -0.25) is 20.2 Å². The fourth-order valence-corrected chi connectivity index (χ4v) is 3.76. The number of benzene rings is 2. The molecule has 3 rings (SSSR count). The van der Waals surface area contributed by atoms with Gasteiger partial charge in [0.15, 0.2) is 0 Å². The molecule has 0 saturated carbocycles. The van der Waals surface area contributed by atoms with Crippen molar-refractivity contribution in [2.75, 3.05) is 7.11 Å². The zero-order valence-corrected chi connectivity index (χ0v) is 15.4. The van der Waals surface area contributed by atoms with E-state index in [-0.39, 0.29) is 5.75 Å². The molecule has 1 fully saturated rings. The van der Waals surface area contributed by atoms with Crippen LogP contribution in [0.2, 0.25) is 0 Å². The SMILES string of the molecule is COC(=O)[C@H]1N[C@@H](c2ccccc2O)[C@@H]([N+](=O)[O-])[C@@H]1c1ccc(Br)cc1. The van der Waals surface area contributed by atoms with Crippen LogP contribution in [0.3, 0.4) is 0 Å². The van der Waals surface area contributed by atoms with Crippen molar-refractivity contribution in [2.24, 2.45) is 0 Å². The Morgan fingerprint density at radius 3 is 2.46 bits per heavy atom. The van der Waals surface area contributed by atoms with Crippen LogP contribution >= 0.6 is 15.9 Å². The van der Waals surface area contributed by atoms with Crippen LogP contribution in [0, 0.1) is 10.1 Å². The summed E-state index contributed by atoms with van der Waals surface area (Å²) in [5.41, 5.74) is 1.03. The van der Waals surface area contributed by atoms with E-state index >= 15 is 0 Å². The maximum atomic E-state index is 12.3. The minimum absolute atomic E-state index is 0.0584. The Morgan fingerprint density at radius 1 is 1.23 bits per heavy atom. The lowest BCUT2D eigenvalue weighted by atomic mass is 9.85. The summed E-state index contributed by atoms with van der Waals surface area (Å²) in [6, 6.07) is 10.6. The molecule has 0 aliphatic carbocycles. The molecule has 7 nitrogen and oxygen atoms in total. The number of hydrogen-bond acceptors (Lipinski definition) is 6. The summed E-state index contributed by atoms with van der Waals surface area (Å²) >= 11 is 3.34. The van der Waals surface area contributed by atoms with Gasteiger partial charge in [0, 0.05) is 15.0 Å². The summed E-state index contributed by atoms with van der Waals surface area (Å²) in [4.78, 5) is 23.8. The summed E-state index contributed by atoms with van der Waals surface area (Å²) in [7, 11) is 1.25. The number of methoxy groups -OCH3 is 1. The second kappa shape index (κ2) is 7.43. The molecule has 0 unspecified atom stereocenters. The number of rotatable bonds is 4. The molecular weight excluding hydrogens is 404 g/mol. The number of hydrogen-bond donors (Lipinski definition) is 2. The first-order valence-corrected chi connectivity index (χ1v) is 8.74. The minimum atomic E-state index is -1.14.